The number of carboxylic acids is 1. The zero-order valence-electron chi connectivity index (χ0n) is 10.6. The molecule has 3 heteroatoms. The van der Waals surface area contributed by atoms with Crippen molar-refractivity contribution in [1.29, 1.82) is 0 Å². The summed E-state index contributed by atoms with van der Waals surface area (Å²) in [6.45, 7) is 0. The lowest BCUT2D eigenvalue weighted by Crippen LogP contribution is -2.07. The van der Waals surface area contributed by atoms with Crippen LogP contribution in [0.2, 0.25) is 0 Å². The highest BCUT2D eigenvalue weighted by atomic mass is 16.4. The summed E-state index contributed by atoms with van der Waals surface area (Å²) in [6.07, 6.45) is 8.35. The van der Waals surface area contributed by atoms with Gasteiger partial charge in [-0.3, -0.25) is 0 Å². The fraction of sp³-hybridized carbons (Fsp3) is 0.533. The number of carbonyl (C=O) groups is 1. The molecule has 98 valence electrons. The summed E-state index contributed by atoms with van der Waals surface area (Å²) >= 11 is 0. The summed E-state index contributed by atoms with van der Waals surface area (Å²) in [6, 6.07) is 4.98. The maximum atomic E-state index is 10.9. The van der Waals surface area contributed by atoms with E-state index in [1.807, 2.05) is 6.07 Å². The van der Waals surface area contributed by atoms with Gasteiger partial charge in [-0.1, -0.05) is 44.2 Å². The highest BCUT2D eigenvalue weighted by molar-refractivity contribution is 5.91. The average molecular weight is 248 g/mol. The summed E-state index contributed by atoms with van der Waals surface area (Å²) < 4.78 is 0. The first-order valence-corrected chi connectivity index (χ1v) is 6.72. The molecule has 0 spiro atoms. The molecule has 2 N–H and O–H groups in total. The van der Waals surface area contributed by atoms with Crippen molar-refractivity contribution in [3.63, 3.8) is 0 Å². The van der Waals surface area contributed by atoms with Crippen LogP contribution >= 0.6 is 0 Å². The average Bonchev–Trinajstić information content (AvgIpc) is 2.38. The van der Waals surface area contributed by atoms with Gasteiger partial charge in [0, 0.05) is 0 Å². The minimum Gasteiger partial charge on any atom is -0.507 e. The Morgan fingerprint density at radius 3 is 2.61 bits per heavy atom. The summed E-state index contributed by atoms with van der Waals surface area (Å²) in [7, 11) is 0. The van der Waals surface area contributed by atoms with E-state index in [-0.39, 0.29) is 11.3 Å². The smallest absolute Gasteiger partial charge is 0.339 e. The number of aryl methyl sites for hydroxylation is 1. The number of carboxylic acid groups (broad SMARTS) is 1. The standard InChI is InChI=1S/C15H20O3/c16-14-12(7-4-8-13(14)15(17)18)10-9-11-5-2-1-3-6-11/h4,7-8,11,16H,1-3,5-6,9-10H2,(H,17,18). The van der Waals surface area contributed by atoms with Crippen molar-refractivity contribution in [2.24, 2.45) is 5.92 Å². The van der Waals surface area contributed by atoms with E-state index in [1.54, 1.807) is 6.07 Å². The number of rotatable bonds is 4. The number of hydrogen-bond donors (Lipinski definition) is 2. The lowest BCUT2D eigenvalue weighted by molar-refractivity contribution is 0.0693. The second-order valence-electron chi connectivity index (χ2n) is 5.16. The van der Waals surface area contributed by atoms with Gasteiger partial charge in [-0.25, -0.2) is 4.79 Å². The van der Waals surface area contributed by atoms with Gasteiger partial charge >= 0.3 is 5.97 Å². The van der Waals surface area contributed by atoms with E-state index in [4.69, 9.17) is 5.11 Å². The molecule has 0 bridgehead atoms. The maximum absolute atomic E-state index is 10.9. The van der Waals surface area contributed by atoms with Crippen LogP contribution in [-0.4, -0.2) is 16.2 Å². The normalized spacial score (nSPS) is 16.7. The van der Waals surface area contributed by atoms with E-state index in [2.05, 4.69) is 0 Å². The van der Waals surface area contributed by atoms with Gasteiger partial charge in [-0.15, -0.1) is 0 Å². The molecule has 2 rings (SSSR count). The van der Waals surface area contributed by atoms with E-state index >= 15 is 0 Å². The Morgan fingerprint density at radius 2 is 1.94 bits per heavy atom. The quantitative estimate of drug-likeness (QED) is 0.855. The van der Waals surface area contributed by atoms with Crippen molar-refractivity contribution in [3.05, 3.63) is 29.3 Å². The first-order chi connectivity index (χ1) is 8.68. The molecule has 1 aromatic carbocycles. The molecule has 1 aliphatic rings. The van der Waals surface area contributed by atoms with Crippen LogP contribution in [-0.2, 0) is 6.42 Å². The second-order valence-corrected chi connectivity index (χ2v) is 5.16. The molecule has 0 aliphatic heterocycles. The molecular weight excluding hydrogens is 228 g/mol. The number of para-hydroxylation sites is 1. The van der Waals surface area contributed by atoms with Gasteiger partial charge in [0.15, 0.2) is 0 Å². The predicted octanol–water partition coefficient (Wildman–Crippen LogP) is 3.60. The molecule has 0 atom stereocenters. The summed E-state index contributed by atoms with van der Waals surface area (Å²) in [5.74, 6) is -0.375. The number of benzene rings is 1. The molecule has 0 unspecified atom stereocenters. The van der Waals surface area contributed by atoms with Crippen LogP contribution in [0.15, 0.2) is 18.2 Å². The molecule has 1 aliphatic carbocycles. The molecule has 0 radical (unpaired) electrons. The van der Waals surface area contributed by atoms with Crippen LogP contribution < -0.4 is 0 Å². The Bertz CT molecular complexity index is 420. The number of aromatic carboxylic acids is 1. The largest absolute Gasteiger partial charge is 0.507 e. The first kappa shape index (κ1) is 12.9. The molecular formula is C15H20O3. The lowest BCUT2D eigenvalue weighted by Gasteiger charge is -2.21. The highest BCUT2D eigenvalue weighted by Crippen LogP contribution is 2.30. The first-order valence-electron chi connectivity index (χ1n) is 6.72. The zero-order valence-corrected chi connectivity index (χ0v) is 10.6. The molecule has 1 aromatic rings. The van der Waals surface area contributed by atoms with Crippen LogP contribution in [0.3, 0.4) is 0 Å². The Morgan fingerprint density at radius 1 is 1.22 bits per heavy atom. The summed E-state index contributed by atoms with van der Waals surface area (Å²) in [5, 5.41) is 18.9. The van der Waals surface area contributed by atoms with Crippen molar-refractivity contribution in [2.45, 2.75) is 44.9 Å². The van der Waals surface area contributed by atoms with Crippen LogP contribution in [0.25, 0.3) is 0 Å². The van der Waals surface area contributed by atoms with E-state index in [0.29, 0.717) is 0 Å². The SMILES string of the molecule is O=C(O)c1cccc(CCC2CCCCC2)c1O. The van der Waals surface area contributed by atoms with E-state index in [1.165, 1.54) is 38.2 Å². The van der Waals surface area contributed by atoms with Crippen molar-refractivity contribution in [2.75, 3.05) is 0 Å². The van der Waals surface area contributed by atoms with E-state index in [9.17, 15) is 9.90 Å². The van der Waals surface area contributed by atoms with Gasteiger partial charge in [-0.05, 0) is 30.4 Å². The Balaban J connectivity index is 2.00. The third-order valence-electron chi connectivity index (χ3n) is 3.90. The van der Waals surface area contributed by atoms with Crippen molar-refractivity contribution >= 4 is 5.97 Å². The van der Waals surface area contributed by atoms with Crippen molar-refractivity contribution in [3.8, 4) is 5.75 Å². The topological polar surface area (TPSA) is 57.5 Å². The highest BCUT2D eigenvalue weighted by Gasteiger charge is 2.16. The van der Waals surface area contributed by atoms with Crippen LogP contribution in [0, 0.1) is 5.92 Å². The molecule has 3 nitrogen and oxygen atoms in total. The monoisotopic (exact) mass is 248 g/mol. The van der Waals surface area contributed by atoms with Gasteiger partial charge in [0.1, 0.15) is 11.3 Å². The molecule has 0 amide bonds. The van der Waals surface area contributed by atoms with Gasteiger partial charge in [0.25, 0.3) is 0 Å². The van der Waals surface area contributed by atoms with E-state index < -0.39 is 5.97 Å². The summed E-state index contributed by atoms with van der Waals surface area (Å²) in [4.78, 5) is 10.9. The van der Waals surface area contributed by atoms with Gasteiger partial charge in [-0.2, -0.15) is 0 Å². The predicted molar refractivity (Wildman–Crippen MR) is 70.0 cm³/mol. The molecule has 1 saturated carbocycles. The minimum atomic E-state index is -1.06. The van der Waals surface area contributed by atoms with Gasteiger partial charge < -0.3 is 10.2 Å². The fourth-order valence-electron chi connectivity index (χ4n) is 2.80. The van der Waals surface area contributed by atoms with Crippen LogP contribution in [0.5, 0.6) is 5.75 Å². The van der Waals surface area contributed by atoms with Crippen LogP contribution in [0.1, 0.15) is 54.4 Å². The molecule has 0 heterocycles. The van der Waals surface area contributed by atoms with Gasteiger partial charge in [0.05, 0.1) is 0 Å². The van der Waals surface area contributed by atoms with E-state index in [0.717, 1.165) is 24.3 Å². The van der Waals surface area contributed by atoms with Crippen LogP contribution in [0.4, 0.5) is 0 Å². The van der Waals surface area contributed by atoms with Crippen molar-refractivity contribution < 1.29 is 15.0 Å². The second kappa shape index (κ2) is 5.89. The summed E-state index contributed by atoms with van der Waals surface area (Å²) in [5.41, 5.74) is 0.775. The molecule has 18 heavy (non-hydrogen) atoms. The van der Waals surface area contributed by atoms with Gasteiger partial charge in [0.2, 0.25) is 0 Å². The Labute approximate surface area is 107 Å². The third kappa shape index (κ3) is 3.03. The van der Waals surface area contributed by atoms with Crippen molar-refractivity contribution in [1.82, 2.24) is 0 Å². The number of aromatic hydroxyl groups is 1. The molecule has 1 fully saturated rings. The Hall–Kier alpha value is -1.51. The lowest BCUT2D eigenvalue weighted by atomic mass is 9.85. The molecule has 0 aromatic heterocycles. The molecule has 0 saturated heterocycles. The zero-order chi connectivity index (χ0) is 13.0. The Kier molecular flexibility index (Phi) is 4.24. The third-order valence-corrected chi connectivity index (χ3v) is 3.90. The number of hydrogen-bond acceptors (Lipinski definition) is 2. The minimum absolute atomic E-state index is 0.0103. The fourth-order valence-corrected chi connectivity index (χ4v) is 2.80. The number of phenols is 1. The maximum Gasteiger partial charge on any atom is 0.339 e.